The molecule has 0 fully saturated rings. The van der Waals surface area contributed by atoms with E-state index in [0.717, 1.165) is 12.1 Å². The summed E-state index contributed by atoms with van der Waals surface area (Å²) in [4.78, 5) is 14.5. The number of hydrogen-bond donors (Lipinski definition) is 0. The molecule has 94 valence electrons. The Morgan fingerprint density at radius 3 is 2.50 bits per heavy atom. The predicted octanol–water partition coefficient (Wildman–Crippen LogP) is 2.85. The summed E-state index contributed by atoms with van der Waals surface area (Å²) in [7, 11) is 4.04. The standard InChI is InChI=1S/C16H19NO/c1-12-7-9-13(10-8-12)16(18)15-6-4-5-14(15)11-17(2)3/h4-10,15H,11H2,1-3H3. The van der Waals surface area contributed by atoms with Crippen molar-refractivity contribution in [1.29, 1.82) is 0 Å². The Morgan fingerprint density at radius 1 is 1.22 bits per heavy atom. The van der Waals surface area contributed by atoms with Gasteiger partial charge in [0.15, 0.2) is 5.78 Å². The second kappa shape index (κ2) is 5.32. The lowest BCUT2D eigenvalue weighted by atomic mass is 9.92. The van der Waals surface area contributed by atoms with Crippen molar-refractivity contribution in [1.82, 2.24) is 4.90 Å². The van der Waals surface area contributed by atoms with E-state index in [0.29, 0.717) is 0 Å². The molecule has 1 aromatic carbocycles. The van der Waals surface area contributed by atoms with E-state index >= 15 is 0 Å². The molecule has 0 radical (unpaired) electrons. The summed E-state index contributed by atoms with van der Waals surface area (Å²) in [5.74, 6) is 0.104. The maximum absolute atomic E-state index is 12.4. The number of carbonyl (C=O) groups is 1. The van der Waals surface area contributed by atoms with Crippen LogP contribution in [0.2, 0.25) is 0 Å². The predicted molar refractivity (Wildman–Crippen MR) is 74.8 cm³/mol. The van der Waals surface area contributed by atoms with Crippen molar-refractivity contribution in [3.8, 4) is 0 Å². The highest BCUT2D eigenvalue weighted by atomic mass is 16.1. The van der Waals surface area contributed by atoms with Crippen LogP contribution in [0.25, 0.3) is 0 Å². The fourth-order valence-electron chi connectivity index (χ4n) is 2.19. The van der Waals surface area contributed by atoms with Crippen molar-refractivity contribution in [2.24, 2.45) is 5.92 Å². The summed E-state index contributed by atoms with van der Waals surface area (Å²) >= 11 is 0. The van der Waals surface area contributed by atoms with Gasteiger partial charge >= 0.3 is 0 Å². The average Bonchev–Trinajstić information content (AvgIpc) is 2.76. The highest BCUT2D eigenvalue weighted by Crippen LogP contribution is 2.24. The van der Waals surface area contributed by atoms with Gasteiger partial charge in [-0.25, -0.2) is 0 Å². The molecule has 0 amide bonds. The number of ketones is 1. The van der Waals surface area contributed by atoms with Gasteiger partial charge < -0.3 is 4.90 Å². The van der Waals surface area contributed by atoms with Crippen LogP contribution in [0.5, 0.6) is 0 Å². The molecule has 1 aliphatic rings. The SMILES string of the molecule is Cc1ccc(C(=O)C2C=CC=C2CN(C)C)cc1. The van der Waals surface area contributed by atoms with Crippen LogP contribution in [-0.4, -0.2) is 31.3 Å². The number of carbonyl (C=O) groups excluding carboxylic acids is 1. The monoisotopic (exact) mass is 241 g/mol. The number of allylic oxidation sites excluding steroid dienone is 3. The van der Waals surface area contributed by atoms with Crippen molar-refractivity contribution in [2.75, 3.05) is 20.6 Å². The second-order valence-corrected chi connectivity index (χ2v) is 5.07. The lowest BCUT2D eigenvalue weighted by molar-refractivity contribution is 0.0959. The third-order valence-corrected chi connectivity index (χ3v) is 3.13. The van der Waals surface area contributed by atoms with Gasteiger partial charge in [0, 0.05) is 12.1 Å². The van der Waals surface area contributed by atoms with E-state index in [1.165, 1.54) is 11.1 Å². The molecular formula is C16H19NO. The first-order valence-electron chi connectivity index (χ1n) is 6.21. The Kier molecular flexibility index (Phi) is 3.78. The first kappa shape index (κ1) is 12.8. The molecule has 2 rings (SSSR count). The number of Topliss-reactive ketones (excluding diaryl/α,β-unsaturated/α-hetero) is 1. The molecule has 2 heteroatoms. The molecule has 1 unspecified atom stereocenters. The molecule has 18 heavy (non-hydrogen) atoms. The zero-order chi connectivity index (χ0) is 13.1. The van der Waals surface area contributed by atoms with Gasteiger partial charge in [-0.2, -0.15) is 0 Å². The smallest absolute Gasteiger partial charge is 0.173 e. The van der Waals surface area contributed by atoms with Crippen LogP contribution in [-0.2, 0) is 0 Å². The maximum atomic E-state index is 12.4. The third kappa shape index (κ3) is 2.77. The summed E-state index contributed by atoms with van der Waals surface area (Å²) in [6.45, 7) is 2.86. The molecule has 0 spiro atoms. The summed E-state index contributed by atoms with van der Waals surface area (Å²) in [6.07, 6.45) is 6.02. The van der Waals surface area contributed by atoms with E-state index in [2.05, 4.69) is 11.0 Å². The molecular weight excluding hydrogens is 222 g/mol. The van der Waals surface area contributed by atoms with Gasteiger partial charge in [0.2, 0.25) is 0 Å². The van der Waals surface area contributed by atoms with E-state index in [1.54, 1.807) is 0 Å². The molecule has 2 nitrogen and oxygen atoms in total. The minimum absolute atomic E-state index is 0.0879. The van der Waals surface area contributed by atoms with Gasteiger partial charge in [-0.15, -0.1) is 0 Å². The van der Waals surface area contributed by atoms with E-state index in [1.807, 2.05) is 57.4 Å². The number of rotatable bonds is 4. The molecule has 0 N–H and O–H groups in total. The molecule has 0 bridgehead atoms. The van der Waals surface area contributed by atoms with Crippen LogP contribution >= 0.6 is 0 Å². The Hall–Kier alpha value is -1.67. The summed E-state index contributed by atoms with van der Waals surface area (Å²) < 4.78 is 0. The topological polar surface area (TPSA) is 20.3 Å². The van der Waals surface area contributed by atoms with Gasteiger partial charge in [-0.05, 0) is 26.6 Å². The lowest BCUT2D eigenvalue weighted by Gasteiger charge is -2.17. The average molecular weight is 241 g/mol. The number of benzene rings is 1. The van der Waals surface area contributed by atoms with Crippen molar-refractivity contribution >= 4 is 5.78 Å². The normalized spacial score (nSPS) is 18.2. The minimum Gasteiger partial charge on any atom is -0.305 e. The Labute approximate surface area is 109 Å². The van der Waals surface area contributed by atoms with Crippen molar-refractivity contribution in [3.63, 3.8) is 0 Å². The first-order chi connectivity index (χ1) is 8.58. The highest BCUT2D eigenvalue weighted by Gasteiger charge is 2.23. The maximum Gasteiger partial charge on any atom is 0.173 e. The first-order valence-corrected chi connectivity index (χ1v) is 6.21. The quantitative estimate of drug-likeness (QED) is 0.755. The van der Waals surface area contributed by atoms with Crippen molar-refractivity contribution < 1.29 is 4.79 Å². The number of hydrogen-bond acceptors (Lipinski definition) is 2. The van der Waals surface area contributed by atoms with Crippen molar-refractivity contribution in [3.05, 3.63) is 59.2 Å². The molecule has 1 aliphatic carbocycles. The van der Waals surface area contributed by atoms with Crippen LogP contribution in [0.15, 0.2) is 48.1 Å². The summed E-state index contributed by atoms with van der Waals surface area (Å²) in [5.41, 5.74) is 3.14. The Balaban J connectivity index is 2.16. The molecule has 0 aliphatic heterocycles. The zero-order valence-corrected chi connectivity index (χ0v) is 11.2. The summed E-state index contributed by atoms with van der Waals surface area (Å²) in [5, 5.41) is 0. The molecule has 0 aromatic heterocycles. The lowest BCUT2D eigenvalue weighted by Crippen LogP contribution is -2.22. The Bertz CT molecular complexity index is 494. The van der Waals surface area contributed by atoms with Crippen LogP contribution in [0, 0.1) is 12.8 Å². The van der Waals surface area contributed by atoms with Crippen LogP contribution in [0.1, 0.15) is 15.9 Å². The van der Waals surface area contributed by atoms with Crippen LogP contribution < -0.4 is 0 Å². The minimum atomic E-state index is -0.0879. The van der Waals surface area contributed by atoms with Gasteiger partial charge in [0.25, 0.3) is 0 Å². The van der Waals surface area contributed by atoms with E-state index in [9.17, 15) is 4.79 Å². The van der Waals surface area contributed by atoms with Gasteiger partial charge in [0.05, 0.1) is 5.92 Å². The summed E-state index contributed by atoms with van der Waals surface area (Å²) in [6, 6.07) is 7.80. The molecule has 1 atom stereocenters. The van der Waals surface area contributed by atoms with E-state index in [-0.39, 0.29) is 11.7 Å². The van der Waals surface area contributed by atoms with Gasteiger partial charge in [0.1, 0.15) is 0 Å². The molecule has 0 saturated carbocycles. The zero-order valence-electron chi connectivity index (χ0n) is 11.2. The van der Waals surface area contributed by atoms with Crippen molar-refractivity contribution in [2.45, 2.75) is 6.92 Å². The largest absolute Gasteiger partial charge is 0.305 e. The fourth-order valence-corrected chi connectivity index (χ4v) is 2.19. The Morgan fingerprint density at radius 2 is 1.89 bits per heavy atom. The molecule has 0 heterocycles. The molecule has 0 saturated heterocycles. The second-order valence-electron chi connectivity index (χ2n) is 5.07. The highest BCUT2D eigenvalue weighted by molar-refractivity contribution is 6.01. The fraction of sp³-hybridized carbons (Fsp3) is 0.312. The number of likely N-dealkylation sites (N-methyl/N-ethyl adjacent to an activating group) is 1. The number of aryl methyl sites for hydroxylation is 1. The number of nitrogens with zero attached hydrogens (tertiary/aromatic N) is 1. The van der Waals surface area contributed by atoms with E-state index < -0.39 is 0 Å². The van der Waals surface area contributed by atoms with Gasteiger partial charge in [-0.3, -0.25) is 4.79 Å². The van der Waals surface area contributed by atoms with Crippen LogP contribution in [0.3, 0.4) is 0 Å². The third-order valence-electron chi connectivity index (χ3n) is 3.13. The molecule has 1 aromatic rings. The van der Waals surface area contributed by atoms with Crippen LogP contribution in [0.4, 0.5) is 0 Å². The van der Waals surface area contributed by atoms with Gasteiger partial charge in [-0.1, -0.05) is 48.1 Å². The van der Waals surface area contributed by atoms with E-state index in [4.69, 9.17) is 0 Å².